The minimum Gasteiger partial charge on any atom is -0.300 e. The molecule has 0 radical (unpaired) electrons. The molecule has 124 valence electrons. The summed E-state index contributed by atoms with van der Waals surface area (Å²) in [7, 11) is -3.78. The van der Waals surface area contributed by atoms with E-state index in [9.17, 15) is 12.8 Å². The van der Waals surface area contributed by atoms with Gasteiger partial charge in [0.2, 0.25) is 0 Å². The molecule has 4 nitrogen and oxygen atoms in total. The van der Waals surface area contributed by atoms with Gasteiger partial charge in [-0.05, 0) is 49.0 Å². The lowest BCUT2D eigenvalue weighted by Gasteiger charge is -2.18. The Morgan fingerprint density at radius 1 is 1.04 bits per heavy atom. The van der Waals surface area contributed by atoms with E-state index in [0.717, 1.165) is 31.3 Å². The monoisotopic (exact) mass is 336 g/mol. The van der Waals surface area contributed by atoms with Crippen molar-refractivity contribution < 1.29 is 12.8 Å². The van der Waals surface area contributed by atoms with Crippen LogP contribution < -0.4 is 4.72 Å². The molecule has 0 spiro atoms. The molecule has 2 rings (SSSR count). The van der Waals surface area contributed by atoms with Gasteiger partial charge in [0.25, 0.3) is 10.0 Å². The van der Waals surface area contributed by atoms with Gasteiger partial charge in [0.15, 0.2) is 0 Å². The van der Waals surface area contributed by atoms with Crippen molar-refractivity contribution >= 4 is 15.7 Å². The van der Waals surface area contributed by atoms with Gasteiger partial charge in [-0.2, -0.15) is 0 Å². The third-order valence-electron chi connectivity index (χ3n) is 3.61. The summed E-state index contributed by atoms with van der Waals surface area (Å²) in [5.41, 5.74) is 1.57. The number of halogens is 1. The largest absolute Gasteiger partial charge is 0.300 e. The van der Waals surface area contributed by atoms with Crippen molar-refractivity contribution in [3.05, 3.63) is 59.9 Å². The van der Waals surface area contributed by atoms with Crippen LogP contribution in [0.15, 0.2) is 53.4 Å². The highest BCUT2D eigenvalue weighted by Crippen LogP contribution is 2.18. The van der Waals surface area contributed by atoms with Gasteiger partial charge in [-0.1, -0.05) is 32.0 Å². The van der Waals surface area contributed by atoms with Crippen LogP contribution in [0.25, 0.3) is 0 Å². The molecule has 2 aromatic rings. The highest BCUT2D eigenvalue weighted by molar-refractivity contribution is 7.92. The number of nitrogens with zero attached hydrogens (tertiary/aromatic N) is 1. The predicted molar refractivity (Wildman–Crippen MR) is 90.3 cm³/mol. The fourth-order valence-electron chi connectivity index (χ4n) is 2.23. The Kier molecular flexibility index (Phi) is 5.74. The molecular formula is C17H21FN2O2S. The molecule has 6 heteroatoms. The zero-order valence-electron chi connectivity index (χ0n) is 13.3. The van der Waals surface area contributed by atoms with Crippen molar-refractivity contribution in [2.75, 3.05) is 17.8 Å². The van der Waals surface area contributed by atoms with Gasteiger partial charge in [-0.25, -0.2) is 12.8 Å². The second kappa shape index (κ2) is 7.57. The molecule has 1 N–H and O–H groups in total. The van der Waals surface area contributed by atoms with Crippen molar-refractivity contribution in [1.29, 1.82) is 0 Å². The minimum atomic E-state index is -3.78. The Bertz CT molecular complexity index is 741. The summed E-state index contributed by atoms with van der Waals surface area (Å²) in [5.74, 6) is -0.581. The maximum absolute atomic E-state index is 13.2. The first-order valence-electron chi connectivity index (χ1n) is 7.54. The Labute approximate surface area is 137 Å². The van der Waals surface area contributed by atoms with Gasteiger partial charge >= 0.3 is 0 Å². The fraction of sp³-hybridized carbons (Fsp3) is 0.294. The number of anilines is 1. The van der Waals surface area contributed by atoms with Crippen LogP contribution in [-0.4, -0.2) is 26.4 Å². The molecule has 0 aliphatic carbocycles. The second-order valence-electron chi connectivity index (χ2n) is 5.22. The normalized spacial score (nSPS) is 11.7. The maximum Gasteiger partial charge on any atom is 0.261 e. The van der Waals surface area contributed by atoms with Crippen molar-refractivity contribution in [3.8, 4) is 0 Å². The van der Waals surface area contributed by atoms with E-state index in [4.69, 9.17) is 0 Å². The molecule has 0 aliphatic heterocycles. The average Bonchev–Trinajstić information content (AvgIpc) is 2.54. The number of hydrogen-bond donors (Lipinski definition) is 1. The Morgan fingerprint density at radius 3 is 2.26 bits per heavy atom. The van der Waals surface area contributed by atoms with Crippen LogP contribution in [-0.2, 0) is 16.6 Å². The van der Waals surface area contributed by atoms with Gasteiger partial charge in [0, 0.05) is 12.2 Å². The van der Waals surface area contributed by atoms with Crippen molar-refractivity contribution in [2.45, 2.75) is 25.3 Å². The number of rotatable bonds is 7. The quantitative estimate of drug-likeness (QED) is 0.842. The molecule has 0 saturated carbocycles. The Hall–Kier alpha value is -1.92. The molecule has 2 aromatic carbocycles. The first kappa shape index (κ1) is 17.4. The SMILES string of the molecule is CCN(CC)Cc1ccc(NS(=O)(=O)c2cccc(F)c2)cc1. The summed E-state index contributed by atoms with van der Waals surface area (Å²) in [4.78, 5) is 2.18. The molecule has 0 unspecified atom stereocenters. The van der Waals surface area contributed by atoms with Crippen LogP contribution in [0.1, 0.15) is 19.4 Å². The molecule has 0 aromatic heterocycles. The van der Waals surface area contributed by atoms with E-state index < -0.39 is 15.8 Å². The molecule has 0 amide bonds. The van der Waals surface area contributed by atoms with Crippen molar-refractivity contribution in [3.63, 3.8) is 0 Å². The Morgan fingerprint density at radius 2 is 1.70 bits per heavy atom. The van der Waals surface area contributed by atoms with Crippen LogP contribution in [0.3, 0.4) is 0 Å². The van der Waals surface area contributed by atoms with Gasteiger partial charge in [0.05, 0.1) is 4.90 Å². The van der Waals surface area contributed by atoms with E-state index in [0.29, 0.717) is 5.69 Å². The summed E-state index contributed by atoms with van der Waals surface area (Å²) < 4.78 is 40.1. The summed E-state index contributed by atoms with van der Waals surface area (Å²) in [5, 5.41) is 0. The van der Waals surface area contributed by atoms with Crippen molar-refractivity contribution in [1.82, 2.24) is 4.90 Å². The third-order valence-corrected chi connectivity index (χ3v) is 4.99. The first-order chi connectivity index (χ1) is 10.9. The number of sulfonamides is 1. The van der Waals surface area contributed by atoms with Crippen LogP contribution in [0.2, 0.25) is 0 Å². The van der Waals surface area contributed by atoms with E-state index in [1.165, 1.54) is 18.2 Å². The van der Waals surface area contributed by atoms with Gasteiger partial charge in [0.1, 0.15) is 5.82 Å². The van der Waals surface area contributed by atoms with Crippen molar-refractivity contribution in [2.24, 2.45) is 0 Å². The van der Waals surface area contributed by atoms with Gasteiger partial charge in [-0.3, -0.25) is 9.62 Å². The topological polar surface area (TPSA) is 49.4 Å². The molecule has 0 heterocycles. The van der Waals surface area contributed by atoms with E-state index in [-0.39, 0.29) is 4.90 Å². The predicted octanol–water partition coefficient (Wildman–Crippen LogP) is 3.47. The van der Waals surface area contributed by atoms with E-state index >= 15 is 0 Å². The highest BCUT2D eigenvalue weighted by atomic mass is 32.2. The van der Waals surface area contributed by atoms with E-state index in [1.54, 1.807) is 12.1 Å². The van der Waals surface area contributed by atoms with Gasteiger partial charge in [-0.15, -0.1) is 0 Å². The summed E-state index contributed by atoms with van der Waals surface area (Å²) >= 11 is 0. The molecule has 0 atom stereocenters. The summed E-state index contributed by atoms with van der Waals surface area (Å²) in [6.07, 6.45) is 0. The number of hydrogen-bond acceptors (Lipinski definition) is 3. The molecule has 0 bridgehead atoms. The van der Waals surface area contributed by atoms with Gasteiger partial charge < -0.3 is 0 Å². The lowest BCUT2D eigenvalue weighted by atomic mass is 10.2. The lowest BCUT2D eigenvalue weighted by molar-refractivity contribution is 0.296. The smallest absolute Gasteiger partial charge is 0.261 e. The average molecular weight is 336 g/mol. The second-order valence-corrected chi connectivity index (χ2v) is 6.90. The third kappa shape index (κ3) is 4.77. The minimum absolute atomic E-state index is 0.0929. The first-order valence-corrected chi connectivity index (χ1v) is 9.02. The number of benzene rings is 2. The molecule has 23 heavy (non-hydrogen) atoms. The van der Waals surface area contributed by atoms with Crippen LogP contribution in [0.5, 0.6) is 0 Å². The molecular weight excluding hydrogens is 315 g/mol. The molecule has 0 aliphatic rings. The fourth-order valence-corrected chi connectivity index (χ4v) is 3.32. The lowest BCUT2D eigenvalue weighted by Crippen LogP contribution is -2.22. The highest BCUT2D eigenvalue weighted by Gasteiger charge is 2.14. The number of nitrogens with one attached hydrogen (secondary N) is 1. The summed E-state index contributed by atoms with van der Waals surface area (Å²) in [6, 6.07) is 12.2. The zero-order chi connectivity index (χ0) is 16.9. The standard InChI is InChI=1S/C17H21FN2O2S/c1-3-20(4-2)13-14-8-10-16(11-9-14)19-23(21,22)17-7-5-6-15(18)12-17/h5-12,19H,3-4,13H2,1-2H3. The molecule has 0 fully saturated rings. The van der Waals surface area contributed by atoms with Crippen LogP contribution in [0, 0.1) is 5.82 Å². The van der Waals surface area contributed by atoms with E-state index in [2.05, 4.69) is 23.5 Å². The zero-order valence-corrected chi connectivity index (χ0v) is 14.1. The van der Waals surface area contributed by atoms with Crippen LogP contribution in [0.4, 0.5) is 10.1 Å². The summed E-state index contributed by atoms with van der Waals surface area (Å²) in [6.45, 7) is 6.95. The van der Waals surface area contributed by atoms with E-state index in [1.807, 2.05) is 12.1 Å². The Balaban J connectivity index is 2.11. The molecule has 0 saturated heterocycles. The maximum atomic E-state index is 13.2. The van der Waals surface area contributed by atoms with Crippen LogP contribution >= 0.6 is 0 Å².